The summed E-state index contributed by atoms with van der Waals surface area (Å²) in [5, 5.41) is 3.85. The number of benzene rings is 4. The normalized spacial score (nSPS) is 15.2. The molecule has 2 amide bonds. The number of halogens is 2. The maximum Gasteiger partial charge on any atom is 0.264 e. The Kier molecular flexibility index (Phi) is 11.5. The van der Waals surface area contributed by atoms with Gasteiger partial charge in [-0.1, -0.05) is 97.1 Å². The summed E-state index contributed by atoms with van der Waals surface area (Å²) in [5.41, 5.74) is 1.48. The average molecular weight is 737 g/mol. The molecule has 12 heteroatoms. The van der Waals surface area contributed by atoms with Crippen molar-refractivity contribution in [3.63, 3.8) is 0 Å². The average Bonchev–Trinajstić information content (AvgIpc) is 3.14. The molecule has 1 unspecified atom stereocenters. The van der Waals surface area contributed by atoms with Gasteiger partial charge in [-0.3, -0.25) is 13.9 Å². The molecule has 0 radical (unpaired) electrons. The van der Waals surface area contributed by atoms with Gasteiger partial charge >= 0.3 is 0 Å². The highest BCUT2D eigenvalue weighted by Crippen LogP contribution is 2.36. The number of amides is 2. The van der Waals surface area contributed by atoms with Crippen LogP contribution < -0.4 is 19.1 Å². The van der Waals surface area contributed by atoms with Crippen molar-refractivity contribution in [2.45, 2.75) is 62.0 Å². The Morgan fingerprint density at radius 2 is 1.44 bits per heavy atom. The molecule has 1 fully saturated rings. The molecule has 0 bridgehead atoms. The minimum Gasteiger partial charge on any atom is -0.486 e. The lowest BCUT2D eigenvalue weighted by molar-refractivity contribution is -0.140. The van der Waals surface area contributed by atoms with E-state index in [2.05, 4.69) is 5.32 Å². The van der Waals surface area contributed by atoms with E-state index in [4.69, 9.17) is 32.7 Å². The van der Waals surface area contributed by atoms with Crippen LogP contribution in [0.25, 0.3) is 0 Å². The van der Waals surface area contributed by atoms with Gasteiger partial charge in [0, 0.05) is 40.7 Å². The van der Waals surface area contributed by atoms with Crippen LogP contribution in [0.3, 0.4) is 0 Å². The maximum atomic E-state index is 14.8. The van der Waals surface area contributed by atoms with E-state index in [0.717, 1.165) is 42.0 Å². The third-order valence-corrected chi connectivity index (χ3v) is 11.5. The minimum atomic E-state index is -4.29. The van der Waals surface area contributed by atoms with E-state index in [9.17, 15) is 18.0 Å². The first-order chi connectivity index (χ1) is 24.2. The number of fused-ring (bicyclic) bond motifs is 1. The predicted molar refractivity (Wildman–Crippen MR) is 194 cm³/mol. The standard InChI is InChI=1S/C38H39Cl2N3O6S/c39-32-17-10-18-33(40)31(32)25-42(34(23-27-11-4-1-5-12-27)38(45)41-28-13-6-2-7-14-28)37(44)26-43(50(46,47)30-15-8-3-9-16-30)29-19-20-35-36(24-29)49-22-21-48-35/h1,3-5,8-12,15-20,24,28,34H,2,6-7,13-14,21-23,25-26H2,(H,41,45). The molecule has 4 aromatic rings. The number of nitrogens with one attached hydrogen (secondary N) is 1. The molecule has 50 heavy (non-hydrogen) atoms. The lowest BCUT2D eigenvalue weighted by Gasteiger charge is -2.35. The monoisotopic (exact) mass is 735 g/mol. The Bertz CT molecular complexity index is 1890. The van der Waals surface area contributed by atoms with Gasteiger partial charge in [0.05, 0.1) is 10.6 Å². The summed E-state index contributed by atoms with van der Waals surface area (Å²) in [7, 11) is -4.29. The molecule has 1 aliphatic carbocycles. The molecular weight excluding hydrogens is 697 g/mol. The Morgan fingerprint density at radius 1 is 0.800 bits per heavy atom. The van der Waals surface area contributed by atoms with Crippen LogP contribution in [0.5, 0.6) is 11.5 Å². The van der Waals surface area contributed by atoms with Crippen LogP contribution in [-0.2, 0) is 32.6 Å². The zero-order valence-corrected chi connectivity index (χ0v) is 29.8. The number of nitrogens with zero attached hydrogens (tertiary/aromatic N) is 2. The molecule has 1 atom stereocenters. The largest absolute Gasteiger partial charge is 0.486 e. The summed E-state index contributed by atoms with van der Waals surface area (Å²) in [6, 6.07) is 26.1. The molecule has 1 aliphatic heterocycles. The molecule has 1 heterocycles. The SMILES string of the molecule is O=C(NC1CCCCC1)C(Cc1ccccc1)N(Cc1c(Cl)cccc1Cl)C(=O)CN(c1ccc2c(c1)OCCO2)S(=O)(=O)c1ccccc1. The lowest BCUT2D eigenvalue weighted by Crippen LogP contribution is -2.55. The summed E-state index contributed by atoms with van der Waals surface area (Å²) in [6.45, 7) is -0.0964. The highest BCUT2D eigenvalue weighted by Gasteiger charge is 2.36. The molecule has 2 aliphatic rings. The van der Waals surface area contributed by atoms with E-state index in [1.54, 1.807) is 54.6 Å². The van der Waals surface area contributed by atoms with Crippen LogP contribution in [0.4, 0.5) is 5.69 Å². The van der Waals surface area contributed by atoms with Crippen LogP contribution >= 0.6 is 23.2 Å². The number of ether oxygens (including phenoxy) is 2. The molecular formula is C38H39Cl2N3O6S. The third kappa shape index (κ3) is 8.37. The molecule has 1 saturated carbocycles. The van der Waals surface area contributed by atoms with E-state index in [1.807, 2.05) is 30.3 Å². The van der Waals surface area contributed by atoms with Gasteiger partial charge in [-0.25, -0.2) is 8.42 Å². The van der Waals surface area contributed by atoms with Gasteiger partial charge in [-0.2, -0.15) is 0 Å². The number of anilines is 1. The highest BCUT2D eigenvalue weighted by atomic mass is 35.5. The quantitative estimate of drug-likeness (QED) is 0.167. The van der Waals surface area contributed by atoms with E-state index in [1.165, 1.54) is 17.0 Å². The zero-order valence-electron chi connectivity index (χ0n) is 27.5. The fourth-order valence-corrected chi connectivity index (χ4v) is 8.33. The number of carbonyl (C=O) groups excluding carboxylic acids is 2. The second kappa shape index (κ2) is 16.2. The van der Waals surface area contributed by atoms with Crippen molar-refractivity contribution >= 4 is 50.7 Å². The number of hydrogen-bond acceptors (Lipinski definition) is 6. The smallest absolute Gasteiger partial charge is 0.264 e. The second-order valence-electron chi connectivity index (χ2n) is 12.4. The van der Waals surface area contributed by atoms with Crippen LogP contribution in [0, 0.1) is 0 Å². The van der Waals surface area contributed by atoms with E-state index >= 15 is 0 Å². The van der Waals surface area contributed by atoms with Gasteiger partial charge in [-0.05, 0) is 54.8 Å². The first-order valence-corrected chi connectivity index (χ1v) is 18.9. The van der Waals surface area contributed by atoms with Crippen molar-refractivity contribution in [1.82, 2.24) is 10.2 Å². The summed E-state index contributed by atoms with van der Waals surface area (Å²) < 4.78 is 41.2. The van der Waals surface area contributed by atoms with E-state index in [0.29, 0.717) is 40.3 Å². The molecule has 262 valence electrons. The second-order valence-corrected chi connectivity index (χ2v) is 15.1. The number of carbonyl (C=O) groups is 2. The zero-order chi connectivity index (χ0) is 35.1. The summed E-state index contributed by atoms with van der Waals surface area (Å²) in [6.07, 6.45) is 5.01. The van der Waals surface area contributed by atoms with Crippen molar-refractivity contribution < 1.29 is 27.5 Å². The highest BCUT2D eigenvalue weighted by molar-refractivity contribution is 7.92. The Hall–Kier alpha value is -4.25. The molecule has 1 N–H and O–H groups in total. The van der Waals surface area contributed by atoms with Gasteiger partial charge in [0.2, 0.25) is 11.8 Å². The van der Waals surface area contributed by atoms with Crippen LogP contribution in [-0.4, -0.2) is 57.0 Å². The van der Waals surface area contributed by atoms with Gasteiger partial charge in [0.15, 0.2) is 11.5 Å². The molecule has 4 aromatic carbocycles. The minimum absolute atomic E-state index is 0.000681. The number of rotatable bonds is 12. The fraction of sp³-hybridized carbons (Fsp3) is 0.316. The van der Waals surface area contributed by atoms with Gasteiger partial charge in [0.1, 0.15) is 25.8 Å². The summed E-state index contributed by atoms with van der Waals surface area (Å²) >= 11 is 13.3. The van der Waals surface area contributed by atoms with Crippen LogP contribution in [0.15, 0.2) is 102 Å². The van der Waals surface area contributed by atoms with Crippen molar-refractivity contribution in [2.75, 3.05) is 24.1 Å². The molecule has 9 nitrogen and oxygen atoms in total. The van der Waals surface area contributed by atoms with Gasteiger partial charge < -0.3 is 19.7 Å². The van der Waals surface area contributed by atoms with Gasteiger partial charge in [0.25, 0.3) is 10.0 Å². The first kappa shape index (κ1) is 35.6. The molecule has 6 rings (SSSR count). The molecule has 0 saturated heterocycles. The van der Waals surface area contributed by atoms with Crippen molar-refractivity contribution in [3.8, 4) is 11.5 Å². The number of hydrogen-bond donors (Lipinski definition) is 1. The third-order valence-electron chi connectivity index (χ3n) is 9.04. The molecule has 0 aromatic heterocycles. The fourth-order valence-electron chi connectivity index (χ4n) is 6.39. The summed E-state index contributed by atoms with van der Waals surface area (Å²) in [5.74, 6) is -0.104. The Labute approximate surface area is 303 Å². The molecule has 0 spiro atoms. The summed E-state index contributed by atoms with van der Waals surface area (Å²) in [4.78, 5) is 30.6. The van der Waals surface area contributed by atoms with E-state index < -0.39 is 28.5 Å². The van der Waals surface area contributed by atoms with Crippen molar-refractivity contribution in [1.29, 1.82) is 0 Å². The predicted octanol–water partition coefficient (Wildman–Crippen LogP) is 7.05. The topological polar surface area (TPSA) is 105 Å². The van der Waals surface area contributed by atoms with Crippen LogP contribution in [0.1, 0.15) is 43.2 Å². The van der Waals surface area contributed by atoms with Gasteiger partial charge in [-0.15, -0.1) is 0 Å². The van der Waals surface area contributed by atoms with E-state index in [-0.39, 0.29) is 35.5 Å². The Balaban J connectivity index is 1.43. The lowest BCUT2D eigenvalue weighted by atomic mass is 9.94. The van der Waals surface area contributed by atoms with Crippen LogP contribution in [0.2, 0.25) is 10.0 Å². The van der Waals surface area contributed by atoms with Crippen molar-refractivity contribution in [2.24, 2.45) is 0 Å². The van der Waals surface area contributed by atoms with Crippen molar-refractivity contribution in [3.05, 3.63) is 118 Å². The maximum absolute atomic E-state index is 14.8. The Morgan fingerprint density at radius 3 is 2.12 bits per heavy atom. The first-order valence-electron chi connectivity index (χ1n) is 16.7. The number of sulfonamides is 1.